The molecule has 0 spiro atoms. The Hall–Kier alpha value is -1.92. The summed E-state index contributed by atoms with van der Waals surface area (Å²) in [5, 5.41) is 23.2. The van der Waals surface area contributed by atoms with Gasteiger partial charge in [0.1, 0.15) is 0 Å². The average molecular weight is 1170 g/mol. The van der Waals surface area contributed by atoms with Crippen LogP contribution in [0.1, 0.15) is 418 Å². The van der Waals surface area contributed by atoms with Gasteiger partial charge in [0.25, 0.3) is 0 Å². The van der Waals surface area contributed by atoms with Crippen LogP contribution in [0.4, 0.5) is 0 Å². The van der Waals surface area contributed by atoms with E-state index in [1.807, 2.05) is 6.08 Å². The number of carbonyl (C=O) groups is 2. The van der Waals surface area contributed by atoms with E-state index in [9.17, 15) is 19.8 Å². The lowest BCUT2D eigenvalue weighted by molar-refractivity contribution is -0.143. The van der Waals surface area contributed by atoms with Crippen molar-refractivity contribution in [3.8, 4) is 0 Å². The lowest BCUT2D eigenvalue weighted by Gasteiger charge is -2.20. The van der Waals surface area contributed by atoms with Crippen LogP contribution in [0.5, 0.6) is 0 Å². The number of carbonyl (C=O) groups excluding carboxylic acids is 2. The van der Waals surface area contributed by atoms with Gasteiger partial charge in [0, 0.05) is 12.8 Å². The Morgan fingerprint density at radius 3 is 0.916 bits per heavy atom. The summed E-state index contributed by atoms with van der Waals surface area (Å²) in [6.07, 6.45) is 93.9. The van der Waals surface area contributed by atoms with Crippen molar-refractivity contribution in [3.05, 3.63) is 36.5 Å². The number of nitrogens with one attached hydrogen (secondary N) is 1. The highest BCUT2D eigenvalue weighted by molar-refractivity contribution is 5.76. The van der Waals surface area contributed by atoms with Crippen molar-refractivity contribution in [3.63, 3.8) is 0 Å². The normalized spacial score (nSPS) is 12.7. The third-order valence-electron chi connectivity index (χ3n) is 17.7. The van der Waals surface area contributed by atoms with Crippen LogP contribution in [0.25, 0.3) is 0 Å². The third kappa shape index (κ3) is 69.1. The van der Waals surface area contributed by atoms with Crippen LogP contribution < -0.4 is 5.32 Å². The summed E-state index contributed by atoms with van der Waals surface area (Å²) in [7, 11) is 0. The van der Waals surface area contributed by atoms with Crippen molar-refractivity contribution < 1.29 is 24.5 Å². The number of aliphatic hydroxyl groups is 2. The quantitative estimate of drug-likeness (QED) is 0.0320. The predicted molar refractivity (Wildman–Crippen MR) is 366 cm³/mol. The second kappa shape index (κ2) is 72.6. The fourth-order valence-corrected chi connectivity index (χ4v) is 11.9. The molecule has 3 N–H and O–H groups in total. The van der Waals surface area contributed by atoms with E-state index in [1.165, 1.54) is 347 Å². The molecule has 2 unspecified atom stereocenters. The van der Waals surface area contributed by atoms with E-state index in [0.29, 0.717) is 19.4 Å². The van der Waals surface area contributed by atoms with Crippen LogP contribution in [0.15, 0.2) is 36.5 Å². The van der Waals surface area contributed by atoms with Gasteiger partial charge in [0.15, 0.2) is 0 Å². The van der Waals surface area contributed by atoms with Gasteiger partial charge in [-0.05, 0) is 64.2 Å². The summed E-state index contributed by atoms with van der Waals surface area (Å²) < 4.78 is 5.49. The molecule has 0 rings (SSSR count). The molecule has 0 bridgehead atoms. The predicted octanol–water partition coefficient (Wildman–Crippen LogP) is 24.7. The summed E-state index contributed by atoms with van der Waals surface area (Å²) in [5.41, 5.74) is 0. The number of hydrogen-bond acceptors (Lipinski definition) is 5. The topological polar surface area (TPSA) is 95.9 Å². The molecule has 490 valence electrons. The van der Waals surface area contributed by atoms with E-state index in [4.69, 9.17) is 4.74 Å². The summed E-state index contributed by atoms with van der Waals surface area (Å²) in [6, 6.07) is -0.627. The highest BCUT2D eigenvalue weighted by Gasteiger charge is 2.18. The van der Waals surface area contributed by atoms with Gasteiger partial charge in [-0.25, -0.2) is 0 Å². The number of rotatable bonds is 71. The highest BCUT2D eigenvalue weighted by atomic mass is 16.5. The van der Waals surface area contributed by atoms with Gasteiger partial charge in [0.2, 0.25) is 5.91 Å². The van der Waals surface area contributed by atoms with Crippen molar-refractivity contribution in [2.45, 2.75) is 431 Å². The fraction of sp³-hybridized carbons (Fsp3) is 0.896. The van der Waals surface area contributed by atoms with E-state index in [0.717, 1.165) is 44.9 Å². The van der Waals surface area contributed by atoms with Crippen molar-refractivity contribution in [1.29, 1.82) is 0 Å². The van der Waals surface area contributed by atoms with Crippen LogP contribution in [0.2, 0.25) is 0 Å². The largest absolute Gasteiger partial charge is 0.466 e. The van der Waals surface area contributed by atoms with Crippen molar-refractivity contribution >= 4 is 11.9 Å². The molecule has 1 amide bonds. The Labute approximate surface area is 519 Å². The number of hydrogen-bond donors (Lipinski definition) is 3. The first kappa shape index (κ1) is 81.1. The standard InChI is InChI=1S/C77H147NO5/c1-3-5-7-9-11-13-15-17-18-19-39-42-46-49-53-57-61-65-69-75(80)74(73-79)78-76(81)70-66-62-58-54-50-47-43-40-37-35-33-31-29-27-25-23-21-20-22-24-26-28-30-32-34-36-38-41-44-48-52-56-60-64-68-72-83-77(82)71-67-63-59-55-51-45-16-14-12-10-8-6-4-2/h22,24,28,30,65,69,74-75,79-80H,3-21,23,25-27,29,31-64,66-68,70-73H2,1-2H3,(H,78,81)/b24-22-,30-28-,69-65+. The fourth-order valence-electron chi connectivity index (χ4n) is 11.9. The molecule has 0 aromatic heterocycles. The van der Waals surface area contributed by atoms with Crippen LogP contribution >= 0.6 is 0 Å². The Balaban J connectivity index is 3.39. The molecule has 0 saturated heterocycles. The summed E-state index contributed by atoms with van der Waals surface area (Å²) in [5.74, 6) is -0.0435. The second-order valence-corrected chi connectivity index (χ2v) is 26.0. The van der Waals surface area contributed by atoms with E-state index in [-0.39, 0.29) is 18.5 Å². The van der Waals surface area contributed by atoms with Crippen molar-refractivity contribution in [1.82, 2.24) is 5.32 Å². The number of ether oxygens (including phenoxy) is 1. The molecule has 0 aliphatic heterocycles. The highest BCUT2D eigenvalue weighted by Crippen LogP contribution is 2.19. The van der Waals surface area contributed by atoms with Gasteiger partial charge in [-0.3, -0.25) is 9.59 Å². The van der Waals surface area contributed by atoms with E-state index >= 15 is 0 Å². The smallest absolute Gasteiger partial charge is 0.305 e. The third-order valence-corrected chi connectivity index (χ3v) is 17.7. The Morgan fingerprint density at radius 2 is 0.602 bits per heavy atom. The molecular formula is C77H147NO5. The maximum absolute atomic E-state index is 12.5. The van der Waals surface area contributed by atoms with Gasteiger partial charge in [-0.1, -0.05) is 378 Å². The Kier molecular flexibility index (Phi) is 70.9. The molecule has 0 fully saturated rings. The molecule has 0 aliphatic rings. The minimum atomic E-state index is -0.843. The minimum absolute atomic E-state index is 0.0186. The van der Waals surface area contributed by atoms with Crippen LogP contribution in [-0.2, 0) is 14.3 Å². The Bertz CT molecular complexity index is 1340. The molecule has 6 nitrogen and oxygen atoms in total. The number of unbranched alkanes of at least 4 members (excludes halogenated alkanes) is 56. The number of allylic oxidation sites excluding steroid dienone is 5. The zero-order valence-electron chi connectivity index (χ0n) is 56.2. The number of esters is 1. The lowest BCUT2D eigenvalue weighted by atomic mass is 10.0. The maximum atomic E-state index is 12.5. The van der Waals surface area contributed by atoms with E-state index in [1.54, 1.807) is 6.08 Å². The zero-order chi connectivity index (χ0) is 59.9. The molecule has 6 heteroatoms. The molecule has 2 atom stereocenters. The molecule has 0 saturated carbocycles. The summed E-state index contributed by atoms with van der Waals surface area (Å²) >= 11 is 0. The monoisotopic (exact) mass is 1170 g/mol. The first-order valence-electron chi connectivity index (χ1n) is 37.8. The molecular weight excluding hydrogens is 1020 g/mol. The van der Waals surface area contributed by atoms with Gasteiger partial charge in [-0.15, -0.1) is 0 Å². The number of aliphatic hydroxyl groups excluding tert-OH is 2. The van der Waals surface area contributed by atoms with Crippen LogP contribution in [0.3, 0.4) is 0 Å². The van der Waals surface area contributed by atoms with Gasteiger partial charge in [0.05, 0.1) is 25.4 Å². The molecule has 0 aliphatic carbocycles. The first-order valence-corrected chi connectivity index (χ1v) is 37.8. The summed E-state index contributed by atoms with van der Waals surface area (Å²) in [4.78, 5) is 24.6. The molecule has 0 aromatic carbocycles. The van der Waals surface area contributed by atoms with Crippen molar-refractivity contribution in [2.24, 2.45) is 0 Å². The van der Waals surface area contributed by atoms with Crippen LogP contribution in [0, 0.1) is 0 Å². The van der Waals surface area contributed by atoms with Crippen molar-refractivity contribution in [2.75, 3.05) is 13.2 Å². The van der Waals surface area contributed by atoms with E-state index < -0.39 is 12.1 Å². The average Bonchev–Trinajstić information content (AvgIpc) is 3.49. The zero-order valence-corrected chi connectivity index (χ0v) is 56.2. The first-order chi connectivity index (χ1) is 41.0. The lowest BCUT2D eigenvalue weighted by Crippen LogP contribution is -2.45. The molecule has 83 heavy (non-hydrogen) atoms. The summed E-state index contributed by atoms with van der Waals surface area (Å²) in [6.45, 7) is 4.94. The SMILES string of the molecule is CCCCCCCCCCCCCCCCCC/C=C/C(O)C(CO)NC(=O)CCCCCCCCCCCCCCCCCCC/C=C\C/C=C\CCCCCCCCCCCCCOC(=O)CCCCCCCCCCCCCCC. The Morgan fingerprint density at radius 1 is 0.337 bits per heavy atom. The molecule has 0 heterocycles. The molecule has 0 radical (unpaired) electrons. The molecule has 0 aromatic rings. The second-order valence-electron chi connectivity index (χ2n) is 26.0. The van der Waals surface area contributed by atoms with E-state index in [2.05, 4.69) is 43.5 Å². The van der Waals surface area contributed by atoms with Gasteiger partial charge >= 0.3 is 5.97 Å². The minimum Gasteiger partial charge on any atom is -0.466 e. The van der Waals surface area contributed by atoms with Crippen LogP contribution in [-0.4, -0.2) is 47.4 Å². The number of amides is 1. The van der Waals surface area contributed by atoms with Gasteiger partial charge < -0.3 is 20.3 Å². The maximum Gasteiger partial charge on any atom is 0.305 e. The van der Waals surface area contributed by atoms with Gasteiger partial charge in [-0.2, -0.15) is 0 Å².